The van der Waals surface area contributed by atoms with Crippen molar-refractivity contribution in [2.45, 2.75) is 72.6 Å². The van der Waals surface area contributed by atoms with Crippen LogP contribution in [0.25, 0.3) is 0 Å². The minimum atomic E-state index is 0.191. The van der Waals surface area contributed by atoms with Crippen LogP contribution in [-0.2, 0) is 6.42 Å². The highest BCUT2D eigenvalue weighted by Crippen LogP contribution is 2.37. The first-order chi connectivity index (χ1) is 17.5. The van der Waals surface area contributed by atoms with E-state index in [0.717, 1.165) is 98.7 Å². The molecule has 5 nitrogen and oxygen atoms in total. The molecule has 3 rings (SSSR count). The number of hydrogen-bond donors (Lipinski definition) is 0. The van der Waals surface area contributed by atoms with E-state index in [1.807, 2.05) is 36.4 Å². The Labute approximate surface area is 217 Å². The Morgan fingerprint density at radius 3 is 1.47 bits per heavy atom. The molecule has 196 valence electrons. The molecule has 5 heteroatoms. The molecule has 0 bridgehead atoms. The Hall–Kier alpha value is -2.50. The van der Waals surface area contributed by atoms with Crippen LogP contribution in [-0.4, -0.2) is 60.6 Å². The first-order valence-electron chi connectivity index (χ1n) is 13.9. The second kappa shape index (κ2) is 14.3. The average molecular weight is 493 g/mol. The van der Waals surface area contributed by atoms with Gasteiger partial charge >= 0.3 is 0 Å². The van der Waals surface area contributed by atoms with Crippen LogP contribution < -0.4 is 4.74 Å². The molecule has 0 fully saturated rings. The highest BCUT2D eigenvalue weighted by atomic mass is 16.5. The van der Waals surface area contributed by atoms with Crippen LogP contribution in [0.1, 0.15) is 98.1 Å². The van der Waals surface area contributed by atoms with Gasteiger partial charge in [-0.1, -0.05) is 27.7 Å². The molecule has 1 heterocycles. The van der Waals surface area contributed by atoms with Crippen molar-refractivity contribution < 1.29 is 14.3 Å². The van der Waals surface area contributed by atoms with Crippen molar-refractivity contribution in [3.8, 4) is 11.5 Å². The van der Waals surface area contributed by atoms with Crippen molar-refractivity contribution in [1.82, 2.24) is 9.80 Å². The third kappa shape index (κ3) is 7.75. The molecule has 0 unspecified atom stereocenters. The minimum Gasteiger partial charge on any atom is -0.457 e. The summed E-state index contributed by atoms with van der Waals surface area (Å²) in [4.78, 5) is 30.4. The summed E-state index contributed by atoms with van der Waals surface area (Å²) in [5.41, 5.74) is 3.54. The van der Waals surface area contributed by atoms with E-state index in [2.05, 4.69) is 37.5 Å². The number of benzene rings is 2. The minimum absolute atomic E-state index is 0.191. The molecule has 0 saturated heterocycles. The summed E-state index contributed by atoms with van der Waals surface area (Å²) in [7, 11) is 0. The fourth-order valence-corrected chi connectivity index (χ4v) is 4.92. The monoisotopic (exact) mass is 492 g/mol. The number of ketones is 2. The van der Waals surface area contributed by atoms with E-state index in [4.69, 9.17) is 4.74 Å². The van der Waals surface area contributed by atoms with E-state index >= 15 is 0 Å². The Morgan fingerprint density at radius 2 is 1.08 bits per heavy atom. The first-order valence-corrected chi connectivity index (χ1v) is 13.9. The van der Waals surface area contributed by atoms with E-state index in [9.17, 15) is 9.59 Å². The number of fused-ring (bicyclic) bond motifs is 2. The zero-order valence-corrected chi connectivity index (χ0v) is 22.8. The highest BCUT2D eigenvalue weighted by Gasteiger charge is 2.20. The van der Waals surface area contributed by atoms with E-state index in [1.54, 1.807) is 0 Å². The standard InChI is InChI=1S/C31H44N2O3/c1-5-32(6-2)19-11-9-13-28(34)24-15-17-30-26(21-24)23-27-22-25(16-18-31(27)36-30)29(35)14-10-12-20-33(7-3)8-4/h15-18,21-22H,5-14,19-20,23H2,1-4H3. The summed E-state index contributed by atoms with van der Waals surface area (Å²) in [6, 6.07) is 11.5. The lowest BCUT2D eigenvalue weighted by Crippen LogP contribution is -2.24. The normalized spacial score (nSPS) is 12.4. The molecule has 0 N–H and O–H groups in total. The highest BCUT2D eigenvalue weighted by molar-refractivity contribution is 5.97. The van der Waals surface area contributed by atoms with Crippen molar-refractivity contribution >= 4 is 11.6 Å². The number of carbonyl (C=O) groups is 2. The second-order valence-corrected chi connectivity index (χ2v) is 9.74. The van der Waals surface area contributed by atoms with E-state index in [0.29, 0.717) is 19.3 Å². The summed E-state index contributed by atoms with van der Waals surface area (Å²) < 4.78 is 6.11. The van der Waals surface area contributed by atoms with Gasteiger partial charge in [-0.05, 0) is 101 Å². The van der Waals surface area contributed by atoms with Gasteiger partial charge < -0.3 is 14.5 Å². The maximum atomic E-state index is 12.8. The summed E-state index contributed by atoms with van der Waals surface area (Å²) in [6.45, 7) is 15.0. The number of nitrogens with zero attached hydrogens (tertiary/aromatic N) is 2. The van der Waals surface area contributed by atoms with Crippen LogP contribution >= 0.6 is 0 Å². The van der Waals surface area contributed by atoms with Crippen LogP contribution in [0.3, 0.4) is 0 Å². The molecule has 2 aromatic rings. The Balaban J connectivity index is 1.56. The molecule has 2 aromatic carbocycles. The van der Waals surface area contributed by atoms with Gasteiger partial charge in [-0.2, -0.15) is 0 Å². The van der Waals surface area contributed by atoms with Gasteiger partial charge in [0.15, 0.2) is 11.6 Å². The zero-order valence-electron chi connectivity index (χ0n) is 22.8. The fourth-order valence-electron chi connectivity index (χ4n) is 4.92. The fraction of sp³-hybridized carbons (Fsp3) is 0.548. The SMILES string of the molecule is CCN(CC)CCCCC(=O)c1ccc2c(c1)Cc1cc(C(=O)CCCCN(CC)CC)ccc1O2. The molecule has 0 amide bonds. The third-order valence-electron chi connectivity index (χ3n) is 7.41. The lowest BCUT2D eigenvalue weighted by Gasteiger charge is -2.21. The predicted molar refractivity (Wildman–Crippen MR) is 148 cm³/mol. The van der Waals surface area contributed by atoms with Crippen LogP contribution in [0.15, 0.2) is 36.4 Å². The molecule has 0 aromatic heterocycles. The van der Waals surface area contributed by atoms with Gasteiger partial charge in [-0.3, -0.25) is 9.59 Å². The Morgan fingerprint density at radius 1 is 0.667 bits per heavy atom. The van der Waals surface area contributed by atoms with Crippen molar-refractivity contribution in [2.24, 2.45) is 0 Å². The maximum Gasteiger partial charge on any atom is 0.162 e. The van der Waals surface area contributed by atoms with Crippen molar-refractivity contribution in [3.63, 3.8) is 0 Å². The summed E-state index contributed by atoms with van der Waals surface area (Å²) >= 11 is 0. The maximum absolute atomic E-state index is 12.8. The average Bonchev–Trinajstić information content (AvgIpc) is 2.91. The molecular weight excluding hydrogens is 448 g/mol. The smallest absolute Gasteiger partial charge is 0.162 e. The number of ether oxygens (including phenoxy) is 1. The van der Waals surface area contributed by atoms with Gasteiger partial charge in [0.2, 0.25) is 0 Å². The van der Waals surface area contributed by atoms with Crippen molar-refractivity contribution in [3.05, 3.63) is 58.7 Å². The zero-order chi connectivity index (χ0) is 25.9. The van der Waals surface area contributed by atoms with Gasteiger partial charge in [-0.25, -0.2) is 0 Å². The summed E-state index contributed by atoms with van der Waals surface area (Å²) in [5, 5.41) is 0. The van der Waals surface area contributed by atoms with Gasteiger partial charge in [0.25, 0.3) is 0 Å². The largest absolute Gasteiger partial charge is 0.457 e. The molecule has 0 radical (unpaired) electrons. The van der Waals surface area contributed by atoms with Crippen LogP contribution in [0.4, 0.5) is 0 Å². The number of Topliss-reactive ketones (excluding diaryl/α,β-unsaturated/α-hetero) is 2. The van der Waals surface area contributed by atoms with Crippen LogP contribution in [0.2, 0.25) is 0 Å². The van der Waals surface area contributed by atoms with E-state index in [-0.39, 0.29) is 11.6 Å². The van der Waals surface area contributed by atoms with E-state index in [1.165, 1.54) is 0 Å². The molecule has 1 aliphatic rings. The lowest BCUT2D eigenvalue weighted by molar-refractivity contribution is 0.0970. The van der Waals surface area contributed by atoms with Gasteiger partial charge in [-0.15, -0.1) is 0 Å². The molecule has 0 aliphatic carbocycles. The quantitative estimate of drug-likeness (QED) is 0.163. The number of rotatable bonds is 16. The molecule has 0 spiro atoms. The number of unbranched alkanes of at least 4 members (excludes halogenated alkanes) is 2. The molecule has 1 aliphatic heterocycles. The van der Waals surface area contributed by atoms with Gasteiger partial charge in [0, 0.05) is 41.5 Å². The molecule has 0 saturated carbocycles. The number of carbonyl (C=O) groups excluding carboxylic acids is 2. The second-order valence-electron chi connectivity index (χ2n) is 9.74. The van der Waals surface area contributed by atoms with E-state index < -0.39 is 0 Å². The lowest BCUT2D eigenvalue weighted by atomic mass is 9.94. The van der Waals surface area contributed by atoms with Crippen LogP contribution in [0.5, 0.6) is 11.5 Å². The Kier molecular flexibility index (Phi) is 11.1. The predicted octanol–water partition coefficient (Wildman–Crippen LogP) is 6.77. The van der Waals surface area contributed by atoms with Gasteiger partial charge in [0.05, 0.1) is 0 Å². The third-order valence-corrected chi connectivity index (χ3v) is 7.41. The Bertz CT molecular complexity index is 929. The summed E-state index contributed by atoms with van der Waals surface area (Å²) in [6.07, 6.45) is 5.73. The molecule has 0 atom stereocenters. The molecular formula is C31H44N2O3. The first kappa shape index (κ1) is 28.1. The summed E-state index contributed by atoms with van der Waals surface area (Å²) in [5.74, 6) is 1.99. The van der Waals surface area contributed by atoms with Crippen LogP contribution in [0, 0.1) is 0 Å². The van der Waals surface area contributed by atoms with Crippen molar-refractivity contribution in [2.75, 3.05) is 39.3 Å². The van der Waals surface area contributed by atoms with Gasteiger partial charge in [0.1, 0.15) is 11.5 Å². The van der Waals surface area contributed by atoms with Crippen molar-refractivity contribution in [1.29, 1.82) is 0 Å². The molecule has 36 heavy (non-hydrogen) atoms. The topological polar surface area (TPSA) is 49.9 Å². The number of hydrogen-bond acceptors (Lipinski definition) is 5.